The lowest BCUT2D eigenvalue weighted by Crippen LogP contribution is -2.48. The van der Waals surface area contributed by atoms with Crippen LogP contribution in [0, 0.1) is 11.6 Å². The lowest BCUT2D eigenvalue weighted by Gasteiger charge is -2.25. The van der Waals surface area contributed by atoms with Gasteiger partial charge in [-0.1, -0.05) is 66.0 Å². The normalized spacial score (nSPS) is 12.8. The maximum atomic E-state index is 13.8. The second-order valence-electron chi connectivity index (χ2n) is 8.75. The van der Waals surface area contributed by atoms with E-state index in [2.05, 4.69) is 39.3 Å². The van der Waals surface area contributed by atoms with E-state index in [1.807, 2.05) is 42.5 Å². The molecule has 1 heterocycles. The van der Waals surface area contributed by atoms with Crippen molar-refractivity contribution in [2.24, 2.45) is 0 Å². The maximum absolute atomic E-state index is 13.8. The van der Waals surface area contributed by atoms with Gasteiger partial charge in [-0.2, -0.15) is 0 Å². The van der Waals surface area contributed by atoms with E-state index in [-0.39, 0.29) is 17.8 Å². The van der Waals surface area contributed by atoms with Gasteiger partial charge in [0, 0.05) is 24.7 Å². The standard InChI is InChI=1S/C28H28F2N4O2S/c1-2-18-7-6-8-19(11-18)16-31-17-25(35)24(14-20-12-22(29)15-23(30)13-20)32-28(36)27-26(33-34-37-27)21-9-4-3-5-10-21/h3-13,15,24-25,31,35H,2,14,16-17H2,1H3,(H,32,36)/t24-,25+/m0/s1. The second-order valence-corrected chi connectivity index (χ2v) is 9.50. The Morgan fingerprint density at radius 1 is 0.973 bits per heavy atom. The molecule has 0 spiro atoms. The number of aliphatic hydroxyl groups is 1. The van der Waals surface area contributed by atoms with Crippen molar-refractivity contribution in [1.82, 2.24) is 20.2 Å². The quantitative estimate of drug-likeness (QED) is 0.269. The largest absolute Gasteiger partial charge is 0.390 e. The molecule has 4 rings (SSSR count). The average Bonchev–Trinajstić information content (AvgIpc) is 3.39. The van der Waals surface area contributed by atoms with E-state index < -0.39 is 29.7 Å². The zero-order valence-electron chi connectivity index (χ0n) is 20.3. The van der Waals surface area contributed by atoms with Crippen molar-refractivity contribution in [3.05, 3.63) is 106 Å². The molecule has 0 aliphatic rings. The molecule has 0 fully saturated rings. The maximum Gasteiger partial charge on any atom is 0.265 e. The Morgan fingerprint density at radius 2 is 1.70 bits per heavy atom. The Labute approximate surface area is 218 Å². The van der Waals surface area contributed by atoms with Crippen LogP contribution in [0.4, 0.5) is 8.78 Å². The predicted octanol–water partition coefficient (Wildman–Crippen LogP) is 4.54. The van der Waals surface area contributed by atoms with Gasteiger partial charge in [-0.15, -0.1) is 5.10 Å². The first-order valence-corrected chi connectivity index (χ1v) is 12.8. The summed E-state index contributed by atoms with van der Waals surface area (Å²) < 4.78 is 31.6. The van der Waals surface area contributed by atoms with Crippen LogP contribution in [0.3, 0.4) is 0 Å². The Bertz CT molecular complexity index is 1310. The van der Waals surface area contributed by atoms with Gasteiger partial charge in [0.15, 0.2) is 0 Å². The fourth-order valence-electron chi connectivity index (χ4n) is 4.09. The number of nitrogens with zero attached hydrogens (tertiary/aromatic N) is 2. The van der Waals surface area contributed by atoms with Gasteiger partial charge in [-0.25, -0.2) is 8.78 Å². The van der Waals surface area contributed by atoms with E-state index in [1.165, 1.54) is 17.7 Å². The fourth-order valence-corrected chi connectivity index (χ4v) is 4.68. The van der Waals surface area contributed by atoms with Crippen LogP contribution >= 0.6 is 11.5 Å². The monoisotopic (exact) mass is 522 g/mol. The molecule has 0 radical (unpaired) electrons. The highest BCUT2D eigenvalue weighted by Gasteiger charge is 2.26. The van der Waals surface area contributed by atoms with Crippen LogP contribution < -0.4 is 10.6 Å². The smallest absolute Gasteiger partial charge is 0.265 e. The molecule has 0 aliphatic carbocycles. The molecular formula is C28H28F2N4O2S. The molecule has 3 aromatic carbocycles. The SMILES string of the molecule is CCc1cccc(CNC[C@@H](O)[C@H](Cc2cc(F)cc(F)c2)NC(=O)c2snnc2-c2ccccc2)c1. The van der Waals surface area contributed by atoms with Crippen molar-refractivity contribution in [1.29, 1.82) is 0 Å². The summed E-state index contributed by atoms with van der Waals surface area (Å²) in [6, 6.07) is 19.7. The Balaban J connectivity index is 1.50. The van der Waals surface area contributed by atoms with Crippen LogP contribution in [-0.4, -0.2) is 39.3 Å². The number of aliphatic hydroxyl groups excluding tert-OH is 1. The van der Waals surface area contributed by atoms with Crippen LogP contribution in [0.5, 0.6) is 0 Å². The fraction of sp³-hybridized carbons (Fsp3) is 0.250. The first-order chi connectivity index (χ1) is 17.9. The molecular weight excluding hydrogens is 494 g/mol. The third-order valence-corrected chi connectivity index (χ3v) is 6.71. The molecule has 4 aromatic rings. The number of hydrogen-bond donors (Lipinski definition) is 3. The van der Waals surface area contributed by atoms with E-state index in [1.54, 1.807) is 0 Å². The van der Waals surface area contributed by atoms with Crippen molar-refractivity contribution in [3.8, 4) is 11.3 Å². The summed E-state index contributed by atoms with van der Waals surface area (Å²) in [6.07, 6.45) is -0.0844. The summed E-state index contributed by atoms with van der Waals surface area (Å²) in [6.45, 7) is 2.77. The number of halogens is 2. The van der Waals surface area contributed by atoms with Crippen molar-refractivity contribution >= 4 is 17.4 Å². The number of hydrogen-bond acceptors (Lipinski definition) is 6. The molecule has 0 bridgehead atoms. The Kier molecular flexibility index (Phi) is 9.05. The highest BCUT2D eigenvalue weighted by atomic mass is 32.1. The molecule has 0 saturated carbocycles. The van der Waals surface area contributed by atoms with E-state index in [9.17, 15) is 18.7 Å². The number of rotatable bonds is 11. The Hall–Kier alpha value is -3.53. The van der Waals surface area contributed by atoms with Crippen molar-refractivity contribution < 1.29 is 18.7 Å². The molecule has 3 N–H and O–H groups in total. The highest BCUT2D eigenvalue weighted by molar-refractivity contribution is 7.08. The summed E-state index contributed by atoms with van der Waals surface area (Å²) in [5.74, 6) is -1.91. The number of carbonyl (C=O) groups excluding carboxylic acids is 1. The van der Waals surface area contributed by atoms with Crippen LogP contribution in [0.2, 0.25) is 0 Å². The molecule has 1 aromatic heterocycles. The predicted molar refractivity (Wildman–Crippen MR) is 140 cm³/mol. The lowest BCUT2D eigenvalue weighted by atomic mass is 10.00. The van der Waals surface area contributed by atoms with Gasteiger partial charge >= 0.3 is 0 Å². The van der Waals surface area contributed by atoms with E-state index in [0.717, 1.165) is 35.1 Å². The molecule has 6 nitrogen and oxygen atoms in total. The molecule has 192 valence electrons. The highest BCUT2D eigenvalue weighted by Crippen LogP contribution is 2.24. The number of amides is 1. The van der Waals surface area contributed by atoms with Gasteiger partial charge in [-0.3, -0.25) is 4.79 Å². The molecule has 9 heteroatoms. The number of benzene rings is 3. The van der Waals surface area contributed by atoms with Crippen molar-refractivity contribution in [3.63, 3.8) is 0 Å². The summed E-state index contributed by atoms with van der Waals surface area (Å²) >= 11 is 0.946. The number of aromatic nitrogens is 2. The van der Waals surface area contributed by atoms with E-state index >= 15 is 0 Å². The topological polar surface area (TPSA) is 87.1 Å². The number of aryl methyl sites for hydroxylation is 1. The van der Waals surface area contributed by atoms with Crippen LogP contribution in [0.1, 0.15) is 33.3 Å². The van der Waals surface area contributed by atoms with E-state index in [0.29, 0.717) is 17.8 Å². The van der Waals surface area contributed by atoms with Gasteiger partial charge in [-0.05, 0) is 53.2 Å². The number of nitrogens with one attached hydrogen (secondary N) is 2. The summed E-state index contributed by atoms with van der Waals surface area (Å²) in [4.78, 5) is 13.5. The number of carbonyl (C=O) groups is 1. The molecule has 2 atom stereocenters. The third kappa shape index (κ3) is 7.25. The Morgan fingerprint density at radius 3 is 2.43 bits per heavy atom. The minimum atomic E-state index is -1.04. The van der Waals surface area contributed by atoms with Crippen LogP contribution in [-0.2, 0) is 19.4 Å². The zero-order chi connectivity index (χ0) is 26.2. The van der Waals surface area contributed by atoms with E-state index in [4.69, 9.17) is 0 Å². The minimum absolute atomic E-state index is 0.0293. The molecule has 0 aliphatic heterocycles. The first kappa shape index (κ1) is 26.5. The minimum Gasteiger partial charge on any atom is -0.390 e. The van der Waals surface area contributed by atoms with Gasteiger partial charge in [0.2, 0.25) is 0 Å². The van der Waals surface area contributed by atoms with Crippen LogP contribution in [0.25, 0.3) is 11.3 Å². The van der Waals surface area contributed by atoms with Gasteiger partial charge in [0.1, 0.15) is 22.2 Å². The molecule has 1 amide bonds. The van der Waals surface area contributed by atoms with Gasteiger partial charge in [0.25, 0.3) is 5.91 Å². The molecule has 0 unspecified atom stereocenters. The summed E-state index contributed by atoms with van der Waals surface area (Å²) in [5, 5.41) is 21.2. The summed E-state index contributed by atoms with van der Waals surface area (Å²) in [7, 11) is 0. The second kappa shape index (κ2) is 12.6. The third-order valence-electron chi connectivity index (χ3n) is 5.98. The molecule has 37 heavy (non-hydrogen) atoms. The lowest BCUT2D eigenvalue weighted by molar-refractivity contribution is 0.0834. The van der Waals surface area contributed by atoms with Crippen LogP contribution in [0.15, 0.2) is 72.8 Å². The van der Waals surface area contributed by atoms with Gasteiger partial charge < -0.3 is 15.7 Å². The van der Waals surface area contributed by atoms with Crippen molar-refractivity contribution in [2.45, 2.75) is 38.5 Å². The van der Waals surface area contributed by atoms with Gasteiger partial charge in [0.05, 0.1) is 12.1 Å². The summed E-state index contributed by atoms with van der Waals surface area (Å²) in [5.41, 5.74) is 3.78. The average molecular weight is 523 g/mol. The zero-order valence-corrected chi connectivity index (χ0v) is 21.1. The first-order valence-electron chi connectivity index (χ1n) is 12.0. The molecule has 0 saturated heterocycles. The van der Waals surface area contributed by atoms with Crippen molar-refractivity contribution in [2.75, 3.05) is 6.54 Å².